The van der Waals surface area contributed by atoms with Gasteiger partial charge in [0.2, 0.25) is 5.25 Å². The molecule has 0 fully saturated rings. The smallest absolute Gasteiger partial charge is 0.325 e. The predicted octanol–water partition coefficient (Wildman–Crippen LogP) is 3.01. The van der Waals surface area contributed by atoms with Gasteiger partial charge in [-0.05, 0) is 23.0 Å². The summed E-state index contributed by atoms with van der Waals surface area (Å²) in [5, 5.41) is 17.3. The van der Waals surface area contributed by atoms with Crippen molar-refractivity contribution >= 4 is 22.1 Å². The fourth-order valence-electron chi connectivity index (χ4n) is 3.92. The predicted molar refractivity (Wildman–Crippen MR) is 103 cm³/mol. The average Bonchev–Trinajstić information content (AvgIpc) is 2.64. The molecule has 0 spiro atoms. The van der Waals surface area contributed by atoms with Gasteiger partial charge in [-0.25, -0.2) is 0 Å². The van der Waals surface area contributed by atoms with Gasteiger partial charge in [0, 0.05) is 0 Å². The Bertz CT molecular complexity index is 894. The average molecular weight is 406 g/mol. The Hall–Kier alpha value is -2.71. The molecule has 0 bridgehead atoms. The van der Waals surface area contributed by atoms with Crippen molar-refractivity contribution in [2.45, 2.75) is 30.9 Å². The van der Waals surface area contributed by atoms with Crippen LogP contribution in [-0.2, 0) is 19.7 Å². The minimum Gasteiger partial charge on any atom is -0.481 e. The summed E-state index contributed by atoms with van der Waals surface area (Å²) in [6, 6.07) is 16.4. The molecule has 150 valence electrons. The van der Waals surface area contributed by atoms with Crippen molar-refractivity contribution in [3.8, 4) is 0 Å². The van der Waals surface area contributed by atoms with Crippen LogP contribution in [0.5, 0.6) is 0 Å². The molecule has 2 rings (SSSR count). The molecule has 0 aliphatic heterocycles. The van der Waals surface area contributed by atoms with Gasteiger partial charge < -0.3 is 10.2 Å². The molecule has 0 radical (unpaired) electrons. The van der Waals surface area contributed by atoms with E-state index < -0.39 is 44.6 Å². The number of carboxylic acids is 2. The topological polar surface area (TPSA) is 129 Å². The number of hydrogen-bond acceptors (Lipinski definition) is 4. The van der Waals surface area contributed by atoms with Crippen molar-refractivity contribution in [1.82, 2.24) is 0 Å². The van der Waals surface area contributed by atoms with E-state index >= 15 is 0 Å². The van der Waals surface area contributed by atoms with Gasteiger partial charge in [0.05, 0.1) is 0 Å². The monoisotopic (exact) mass is 406 g/mol. The molecule has 0 aliphatic carbocycles. The Morgan fingerprint density at radius 1 is 0.821 bits per heavy atom. The maximum absolute atomic E-state index is 12.6. The Kier molecular flexibility index (Phi) is 6.26. The first kappa shape index (κ1) is 21.6. The number of aliphatic carboxylic acids is 2. The Balaban J connectivity index is 2.88. The zero-order valence-electron chi connectivity index (χ0n) is 15.4. The molecule has 7 nitrogen and oxygen atoms in total. The molecule has 3 atom stereocenters. The zero-order valence-corrected chi connectivity index (χ0v) is 16.2. The van der Waals surface area contributed by atoms with Crippen LogP contribution >= 0.6 is 0 Å². The molecule has 2 aromatic rings. The third-order valence-electron chi connectivity index (χ3n) is 5.36. The summed E-state index contributed by atoms with van der Waals surface area (Å²) in [5.41, 5.74) is -1.48. The molecule has 0 saturated carbocycles. The minimum absolute atomic E-state index is 0.447. The summed E-state index contributed by atoms with van der Waals surface area (Å²) >= 11 is 0. The van der Waals surface area contributed by atoms with Crippen LogP contribution in [0.15, 0.2) is 60.7 Å². The quantitative estimate of drug-likeness (QED) is 0.575. The van der Waals surface area contributed by atoms with Crippen molar-refractivity contribution in [3.05, 3.63) is 71.8 Å². The highest BCUT2D eigenvalue weighted by molar-refractivity contribution is 7.87. The standard InChI is InChI=1S/C20H22O7S/c1-13(15-9-5-3-6-10-15)20(19(23)24,17(18(21)22)28(25,26)27)14(2)16-11-7-4-8-12-16/h3-14,17H,1-2H3,(H,21,22)(H,23,24)(H,25,26,27). The van der Waals surface area contributed by atoms with E-state index in [0.29, 0.717) is 11.1 Å². The molecule has 0 heterocycles. The van der Waals surface area contributed by atoms with Crippen LogP contribution in [0, 0.1) is 5.41 Å². The molecular weight excluding hydrogens is 384 g/mol. The second-order valence-electron chi connectivity index (χ2n) is 6.74. The number of hydrogen-bond donors (Lipinski definition) is 3. The van der Waals surface area contributed by atoms with Crippen LogP contribution < -0.4 is 0 Å². The number of carboxylic acid groups (broad SMARTS) is 2. The second kappa shape index (κ2) is 8.12. The van der Waals surface area contributed by atoms with E-state index in [4.69, 9.17) is 0 Å². The normalized spacial score (nSPS) is 17.1. The first-order chi connectivity index (χ1) is 13.0. The van der Waals surface area contributed by atoms with Gasteiger partial charge in [-0.3, -0.25) is 14.1 Å². The van der Waals surface area contributed by atoms with Gasteiger partial charge in [0.1, 0.15) is 5.41 Å². The summed E-state index contributed by atoms with van der Waals surface area (Å²) in [6.07, 6.45) is 0. The lowest BCUT2D eigenvalue weighted by molar-refractivity contribution is -0.158. The van der Waals surface area contributed by atoms with Gasteiger partial charge in [-0.2, -0.15) is 8.42 Å². The molecule has 3 unspecified atom stereocenters. The van der Waals surface area contributed by atoms with Crippen molar-refractivity contribution < 1.29 is 32.8 Å². The maximum atomic E-state index is 12.6. The highest BCUT2D eigenvalue weighted by Gasteiger charge is 2.62. The highest BCUT2D eigenvalue weighted by Crippen LogP contribution is 2.51. The van der Waals surface area contributed by atoms with Crippen molar-refractivity contribution in [1.29, 1.82) is 0 Å². The summed E-state index contributed by atoms with van der Waals surface area (Å²) < 4.78 is 34.0. The molecule has 3 N–H and O–H groups in total. The zero-order chi connectivity index (χ0) is 21.1. The van der Waals surface area contributed by atoms with Crippen LogP contribution in [0.3, 0.4) is 0 Å². The summed E-state index contributed by atoms with van der Waals surface area (Å²) in [6.45, 7) is 2.92. The van der Waals surface area contributed by atoms with Crippen LogP contribution in [0.1, 0.15) is 36.8 Å². The third-order valence-corrected chi connectivity index (χ3v) is 6.55. The van der Waals surface area contributed by atoms with Gasteiger partial charge in [-0.1, -0.05) is 74.5 Å². The Morgan fingerprint density at radius 2 is 1.18 bits per heavy atom. The molecule has 0 aliphatic rings. The fourth-order valence-corrected chi connectivity index (χ4v) is 5.18. The van der Waals surface area contributed by atoms with E-state index in [2.05, 4.69) is 0 Å². The lowest BCUT2D eigenvalue weighted by Crippen LogP contribution is -2.56. The van der Waals surface area contributed by atoms with E-state index in [9.17, 15) is 32.8 Å². The van der Waals surface area contributed by atoms with Gasteiger partial charge in [0.15, 0.2) is 0 Å². The van der Waals surface area contributed by atoms with Crippen molar-refractivity contribution in [3.63, 3.8) is 0 Å². The first-order valence-corrected chi connectivity index (χ1v) is 10.1. The van der Waals surface area contributed by atoms with Crippen molar-refractivity contribution in [2.24, 2.45) is 5.41 Å². The van der Waals surface area contributed by atoms with Crippen molar-refractivity contribution in [2.75, 3.05) is 0 Å². The molecule has 0 aromatic heterocycles. The lowest BCUT2D eigenvalue weighted by atomic mass is 9.61. The third kappa shape index (κ3) is 3.79. The first-order valence-electron chi connectivity index (χ1n) is 8.57. The molecule has 28 heavy (non-hydrogen) atoms. The van der Waals surface area contributed by atoms with Crippen LogP contribution in [0.2, 0.25) is 0 Å². The lowest BCUT2D eigenvalue weighted by Gasteiger charge is -2.43. The summed E-state index contributed by atoms with van der Waals surface area (Å²) in [5.74, 6) is -5.64. The number of carbonyl (C=O) groups is 2. The van der Waals surface area contributed by atoms with E-state index in [-0.39, 0.29) is 0 Å². The Labute approximate surface area is 163 Å². The number of benzene rings is 2. The SMILES string of the molecule is CC(c1ccccc1)C(C(=O)O)(C(C)c1ccccc1)C(C(=O)O)S(=O)(=O)O. The van der Waals surface area contributed by atoms with E-state index in [1.807, 2.05) is 0 Å². The molecule has 0 saturated heterocycles. The van der Waals surface area contributed by atoms with Gasteiger partial charge in [0.25, 0.3) is 10.1 Å². The van der Waals surface area contributed by atoms with Crippen LogP contribution in [-0.4, -0.2) is 40.4 Å². The highest BCUT2D eigenvalue weighted by atomic mass is 32.2. The fraction of sp³-hybridized carbons (Fsp3) is 0.300. The van der Waals surface area contributed by atoms with Crippen LogP contribution in [0.25, 0.3) is 0 Å². The molecule has 0 amide bonds. The molecule has 2 aromatic carbocycles. The van der Waals surface area contributed by atoms with E-state index in [0.717, 1.165) is 0 Å². The van der Waals surface area contributed by atoms with E-state index in [1.165, 1.54) is 13.8 Å². The van der Waals surface area contributed by atoms with E-state index in [1.54, 1.807) is 60.7 Å². The molecule has 8 heteroatoms. The summed E-state index contributed by atoms with van der Waals surface area (Å²) in [4.78, 5) is 24.6. The van der Waals surface area contributed by atoms with Gasteiger partial charge >= 0.3 is 11.9 Å². The largest absolute Gasteiger partial charge is 0.481 e. The number of rotatable bonds is 8. The van der Waals surface area contributed by atoms with Gasteiger partial charge in [-0.15, -0.1) is 0 Å². The maximum Gasteiger partial charge on any atom is 0.325 e. The molecular formula is C20H22O7S. The summed E-state index contributed by atoms with van der Waals surface area (Å²) in [7, 11) is -5.25. The Morgan fingerprint density at radius 3 is 1.43 bits per heavy atom. The minimum atomic E-state index is -5.25. The second-order valence-corrected chi connectivity index (χ2v) is 8.24. The van der Waals surface area contributed by atoms with Crippen LogP contribution in [0.4, 0.5) is 0 Å².